The molecule has 114 valence electrons. The van der Waals surface area contributed by atoms with Crippen molar-refractivity contribution in [2.45, 2.75) is 71.9 Å². The first-order chi connectivity index (χ1) is 9.74. The highest BCUT2D eigenvalue weighted by Gasteiger charge is 2.04. The molecule has 1 aromatic heterocycles. The predicted molar refractivity (Wildman–Crippen MR) is 85.1 cm³/mol. The molecular formula is C17H30N2O. The summed E-state index contributed by atoms with van der Waals surface area (Å²) in [6.45, 7) is 8.19. The molecule has 3 nitrogen and oxygen atoms in total. The molecule has 0 saturated heterocycles. The molecule has 0 spiro atoms. The molecule has 20 heavy (non-hydrogen) atoms. The van der Waals surface area contributed by atoms with Crippen LogP contribution in [0.15, 0.2) is 18.5 Å². The number of hydrogen-bond donors (Lipinski definition) is 1. The first-order valence-electron chi connectivity index (χ1n) is 8.03. The minimum Gasteiger partial charge on any atom is -0.492 e. The number of unbranched alkanes of at least 4 members (excludes halogenated alkanes) is 5. The van der Waals surface area contributed by atoms with Gasteiger partial charge in [0.15, 0.2) is 0 Å². The Hall–Kier alpha value is -1.09. The number of nitrogens with one attached hydrogen (secondary N) is 1. The molecule has 0 amide bonds. The maximum atomic E-state index is 5.87. The summed E-state index contributed by atoms with van der Waals surface area (Å²) < 4.78 is 5.87. The van der Waals surface area contributed by atoms with Gasteiger partial charge in [-0.2, -0.15) is 0 Å². The van der Waals surface area contributed by atoms with Crippen molar-refractivity contribution >= 4 is 0 Å². The van der Waals surface area contributed by atoms with Crippen LogP contribution in [0.1, 0.15) is 64.9 Å². The van der Waals surface area contributed by atoms with Gasteiger partial charge in [-0.1, -0.05) is 52.9 Å². The number of nitrogens with zero attached hydrogens (tertiary/aromatic N) is 1. The van der Waals surface area contributed by atoms with E-state index in [4.69, 9.17) is 4.74 Å². The minimum absolute atomic E-state index is 0.481. The molecule has 0 radical (unpaired) electrons. The molecule has 0 aliphatic rings. The summed E-state index contributed by atoms with van der Waals surface area (Å²) in [6.07, 6.45) is 11.4. The lowest BCUT2D eigenvalue weighted by Crippen LogP contribution is -2.22. The van der Waals surface area contributed by atoms with Crippen molar-refractivity contribution in [2.75, 3.05) is 6.61 Å². The number of pyridine rings is 1. The zero-order valence-electron chi connectivity index (χ0n) is 13.3. The zero-order chi connectivity index (χ0) is 14.6. The Bertz CT molecular complexity index is 353. The van der Waals surface area contributed by atoms with Crippen molar-refractivity contribution in [3.05, 3.63) is 24.0 Å². The van der Waals surface area contributed by atoms with Gasteiger partial charge in [0.1, 0.15) is 5.75 Å². The SMILES string of the molecule is CCCCCCCCOc1cnccc1CNC(C)C. The summed E-state index contributed by atoms with van der Waals surface area (Å²) >= 11 is 0. The Kier molecular flexibility index (Phi) is 9.05. The molecule has 0 aromatic carbocycles. The second-order valence-corrected chi connectivity index (χ2v) is 5.64. The van der Waals surface area contributed by atoms with Crippen LogP contribution in [0, 0.1) is 0 Å². The largest absolute Gasteiger partial charge is 0.492 e. The smallest absolute Gasteiger partial charge is 0.142 e. The lowest BCUT2D eigenvalue weighted by atomic mass is 10.1. The molecule has 0 atom stereocenters. The molecule has 0 aliphatic carbocycles. The van der Waals surface area contributed by atoms with Gasteiger partial charge < -0.3 is 10.1 Å². The second kappa shape index (κ2) is 10.7. The van der Waals surface area contributed by atoms with Crippen LogP contribution < -0.4 is 10.1 Å². The number of rotatable bonds is 11. The van der Waals surface area contributed by atoms with Crippen LogP contribution in [0.2, 0.25) is 0 Å². The molecule has 1 rings (SSSR count). The van der Waals surface area contributed by atoms with Crippen LogP contribution in [0.4, 0.5) is 0 Å². The molecule has 3 heteroatoms. The molecule has 1 heterocycles. The lowest BCUT2D eigenvalue weighted by Gasteiger charge is -2.13. The van der Waals surface area contributed by atoms with Crippen molar-refractivity contribution in [3.63, 3.8) is 0 Å². The quantitative estimate of drug-likeness (QED) is 0.612. The van der Waals surface area contributed by atoms with Gasteiger partial charge in [-0.25, -0.2) is 0 Å². The summed E-state index contributed by atoms with van der Waals surface area (Å²) in [5.41, 5.74) is 1.19. The Labute approximate surface area is 124 Å². The molecule has 1 N–H and O–H groups in total. The molecule has 0 aliphatic heterocycles. The molecule has 1 aromatic rings. The summed E-state index contributed by atoms with van der Waals surface area (Å²) in [5.74, 6) is 0.925. The van der Waals surface area contributed by atoms with E-state index in [1.807, 2.05) is 18.5 Å². The van der Waals surface area contributed by atoms with Crippen molar-refractivity contribution in [2.24, 2.45) is 0 Å². The van der Waals surface area contributed by atoms with Crippen LogP contribution in [0.5, 0.6) is 5.75 Å². The van der Waals surface area contributed by atoms with E-state index in [0.717, 1.165) is 25.3 Å². The Balaban J connectivity index is 2.25. The van der Waals surface area contributed by atoms with E-state index in [-0.39, 0.29) is 0 Å². The van der Waals surface area contributed by atoms with E-state index >= 15 is 0 Å². The fraction of sp³-hybridized carbons (Fsp3) is 0.706. The van der Waals surface area contributed by atoms with Gasteiger partial charge in [-0.05, 0) is 12.5 Å². The van der Waals surface area contributed by atoms with E-state index in [0.29, 0.717) is 6.04 Å². The van der Waals surface area contributed by atoms with Crippen LogP contribution in [-0.4, -0.2) is 17.6 Å². The average molecular weight is 278 g/mol. The van der Waals surface area contributed by atoms with E-state index in [1.165, 1.54) is 37.7 Å². The van der Waals surface area contributed by atoms with Gasteiger partial charge in [0.25, 0.3) is 0 Å². The molecule has 0 unspecified atom stereocenters. The van der Waals surface area contributed by atoms with Crippen molar-refractivity contribution in [3.8, 4) is 5.75 Å². The van der Waals surface area contributed by atoms with E-state index in [2.05, 4.69) is 31.1 Å². The van der Waals surface area contributed by atoms with Crippen molar-refractivity contribution in [1.29, 1.82) is 0 Å². The number of aromatic nitrogens is 1. The van der Waals surface area contributed by atoms with Crippen LogP contribution in [0.25, 0.3) is 0 Å². The minimum atomic E-state index is 0.481. The van der Waals surface area contributed by atoms with Crippen LogP contribution >= 0.6 is 0 Å². The summed E-state index contributed by atoms with van der Waals surface area (Å²) in [7, 11) is 0. The van der Waals surface area contributed by atoms with Crippen LogP contribution in [0.3, 0.4) is 0 Å². The summed E-state index contributed by atoms with van der Waals surface area (Å²) in [6, 6.07) is 2.51. The Morgan fingerprint density at radius 2 is 1.90 bits per heavy atom. The molecule has 0 saturated carbocycles. The van der Waals surface area contributed by atoms with Crippen molar-refractivity contribution < 1.29 is 4.74 Å². The predicted octanol–water partition coefficient (Wildman–Crippen LogP) is 4.32. The molecule has 0 fully saturated rings. The Morgan fingerprint density at radius 3 is 2.65 bits per heavy atom. The highest BCUT2D eigenvalue weighted by atomic mass is 16.5. The fourth-order valence-electron chi connectivity index (χ4n) is 2.06. The number of ether oxygens (including phenoxy) is 1. The first kappa shape index (κ1) is 17.0. The third kappa shape index (κ3) is 7.49. The number of hydrogen-bond acceptors (Lipinski definition) is 3. The third-order valence-electron chi connectivity index (χ3n) is 3.33. The topological polar surface area (TPSA) is 34.1 Å². The standard InChI is InChI=1S/C17H30N2O/c1-4-5-6-7-8-9-12-20-17-14-18-11-10-16(17)13-19-15(2)3/h10-11,14-15,19H,4-9,12-13H2,1-3H3. The zero-order valence-corrected chi connectivity index (χ0v) is 13.3. The van der Waals surface area contributed by atoms with Gasteiger partial charge in [0.2, 0.25) is 0 Å². The second-order valence-electron chi connectivity index (χ2n) is 5.64. The van der Waals surface area contributed by atoms with E-state index in [1.54, 1.807) is 0 Å². The third-order valence-corrected chi connectivity index (χ3v) is 3.33. The maximum Gasteiger partial charge on any atom is 0.142 e. The average Bonchev–Trinajstić information content (AvgIpc) is 2.45. The highest BCUT2D eigenvalue weighted by Crippen LogP contribution is 2.17. The van der Waals surface area contributed by atoms with Crippen molar-refractivity contribution in [1.82, 2.24) is 10.3 Å². The monoisotopic (exact) mass is 278 g/mol. The lowest BCUT2D eigenvalue weighted by molar-refractivity contribution is 0.299. The van der Waals surface area contributed by atoms with E-state index in [9.17, 15) is 0 Å². The van der Waals surface area contributed by atoms with Crippen LogP contribution in [-0.2, 0) is 6.54 Å². The van der Waals surface area contributed by atoms with Gasteiger partial charge in [-0.15, -0.1) is 0 Å². The Morgan fingerprint density at radius 1 is 1.15 bits per heavy atom. The maximum absolute atomic E-state index is 5.87. The van der Waals surface area contributed by atoms with Gasteiger partial charge in [-0.3, -0.25) is 4.98 Å². The first-order valence-corrected chi connectivity index (χ1v) is 8.03. The summed E-state index contributed by atoms with van der Waals surface area (Å²) in [5, 5.41) is 3.42. The molecular weight excluding hydrogens is 248 g/mol. The van der Waals surface area contributed by atoms with E-state index < -0.39 is 0 Å². The van der Waals surface area contributed by atoms with Gasteiger partial charge >= 0.3 is 0 Å². The normalized spacial score (nSPS) is 11.0. The summed E-state index contributed by atoms with van der Waals surface area (Å²) in [4.78, 5) is 4.16. The van der Waals surface area contributed by atoms with Gasteiger partial charge in [0, 0.05) is 24.3 Å². The highest BCUT2D eigenvalue weighted by molar-refractivity contribution is 5.29. The molecule has 0 bridgehead atoms. The van der Waals surface area contributed by atoms with Gasteiger partial charge in [0.05, 0.1) is 12.8 Å². The fourth-order valence-corrected chi connectivity index (χ4v) is 2.06.